The molecule has 0 amide bonds. The third-order valence-electron chi connectivity index (χ3n) is 5.90. The van der Waals surface area contributed by atoms with E-state index in [4.69, 9.17) is 11.6 Å². The Morgan fingerprint density at radius 3 is 2.88 bits per heavy atom. The van der Waals surface area contributed by atoms with Gasteiger partial charge in [-0.2, -0.15) is 0 Å². The Morgan fingerprint density at radius 2 is 2.04 bits per heavy atom. The van der Waals surface area contributed by atoms with Crippen LogP contribution in [-0.2, 0) is 6.42 Å². The van der Waals surface area contributed by atoms with Crippen molar-refractivity contribution in [1.29, 1.82) is 0 Å². The first-order chi connectivity index (χ1) is 12.7. The first-order valence-electron chi connectivity index (χ1n) is 9.37. The highest BCUT2D eigenvalue weighted by molar-refractivity contribution is 6.31. The van der Waals surface area contributed by atoms with Crippen LogP contribution in [0.4, 0.5) is 0 Å². The molecule has 2 aliphatic rings. The van der Waals surface area contributed by atoms with E-state index in [0.717, 1.165) is 18.0 Å². The summed E-state index contributed by atoms with van der Waals surface area (Å²) in [5.74, 6) is 0. The number of allylic oxidation sites excluding steroid dienone is 1. The molecule has 3 nitrogen and oxygen atoms in total. The van der Waals surface area contributed by atoms with Crippen molar-refractivity contribution in [3.8, 4) is 0 Å². The molecule has 0 bridgehead atoms. The summed E-state index contributed by atoms with van der Waals surface area (Å²) in [6, 6.07) is 11.0. The molecular weight excluding hydrogens is 342 g/mol. The van der Waals surface area contributed by atoms with Crippen molar-refractivity contribution in [1.82, 2.24) is 14.5 Å². The fraction of sp³-hybridized carbons (Fsp3) is 0.318. The van der Waals surface area contributed by atoms with Gasteiger partial charge in [-0.3, -0.25) is 9.88 Å². The van der Waals surface area contributed by atoms with E-state index in [1.165, 1.54) is 52.7 Å². The van der Waals surface area contributed by atoms with Gasteiger partial charge in [0.25, 0.3) is 0 Å². The maximum Gasteiger partial charge on any atom is 0.0530 e. The Bertz CT molecular complexity index is 1000. The van der Waals surface area contributed by atoms with Gasteiger partial charge in [0, 0.05) is 41.2 Å². The van der Waals surface area contributed by atoms with Crippen molar-refractivity contribution in [2.75, 3.05) is 13.1 Å². The fourth-order valence-electron chi connectivity index (χ4n) is 4.68. The lowest BCUT2D eigenvalue weighted by Crippen LogP contribution is -2.31. The summed E-state index contributed by atoms with van der Waals surface area (Å²) in [7, 11) is 0. The maximum atomic E-state index is 6.34. The third-order valence-corrected chi connectivity index (χ3v) is 6.13. The van der Waals surface area contributed by atoms with Gasteiger partial charge in [-0.1, -0.05) is 11.6 Å². The summed E-state index contributed by atoms with van der Waals surface area (Å²) in [6.45, 7) is 4.56. The van der Waals surface area contributed by atoms with Crippen LogP contribution in [0.5, 0.6) is 0 Å². The molecule has 0 saturated carbocycles. The molecule has 4 heterocycles. The molecule has 4 heteroatoms. The van der Waals surface area contributed by atoms with Gasteiger partial charge in [0.1, 0.15) is 0 Å². The monoisotopic (exact) mass is 363 g/mol. The Hall–Kier alpha value is -2.10. The minimum absolute atomic E-state index is 0.534. The lowest BCUT2D eigenvalue weighted by Gasteiger charge is -2.31. The molecular formula is C22H22ClN3. The van der Waals surface area contributed by atoms with Crippen molar-refractivity contribution in [3.05, 3.63) is 64.6 Å². The summed E-state index contributed by atoms with van der Waals surface area (Å²) in [5, 5.41) is 2.14. The normalized spacial score (nSPS) is 20.4. The highest BCUT2D eigenvalue weighted by Crippen LogP contribution is 2.43. The quantitative estimate of drug-likeness (QED) is 0.607. The number of hydrogen-bond donors (Lipinski definition) is 0. The predicted octanol–water partition coefficient (Wildman–Crippen LogP) is 5.40. The van der Waals surface area contributed by atoms with Crippen LogP contribution in [-0.4, -0.2) is 27.5 Å². The molecule has 26 heavy (non-hydrogen) atoms. The second kappa shape index (κ2) is 6.26. The molecule has 132 valence electrons. The van der Waals surface area contributed by atoms with Gasteiger partial charge in [-0.05, 0) is 79.8 Å². The summed E-state index contributed by atoms with van der Waals surface area (Å²) < 4.78 is 2.43. The van der Waals surface area contributed by atoms with Crippen molar-refractivity contribution in [2.45, 2.75) is 32.2 Å². The number of benzene rings is 1. The van der Waals surface area contributed by atoms with Crippen LogP contribution < -0.4 is 0 Å². The Balaban J connectivity index is 1.75. The molecule has 1 atom stereocenters. The summed E-state index contributed by atoms with van der Waals surface area (Å²) in [6.07, 6.45) is 9.66. The average Bonchev–Trinajstić information content (AvgIpc) is 3.25. The smallest absolute Gasteiger partial charge is 0.0530 e. The van der Waals surface area contributed by atoms with Crippen LogP contribution in [0.15, 0.2) is 42.7 Å². The lowest BCUT2D eigenvalue weighted by molar-refractivity contribution is 0.239. The van der Waals surface area contributed by atoms with Crippen LogP contribution in [0.25, 0.3) is 22.7 Å². The van der Waals surface area contributed by atoms with Gasteiger partial charge in [0.15, 0.2) is 0 Å². The number of pyridine rings is 1. The van der Waals surface area contributed by atoms with E-state index in [1.807, 2.05) is 18.5 Å². The number of nitrogens with zero attached hydrogens (tertiary/aromatic N) is 3. The molecule has 2 aromatic heterocycles. The molecule has 2 aliphatic heterocycles. The fourth-order valence-corrected chi connectivity index (χ4v) is 4.85. The molecule has 1 saturated heterocycles. The number of halogens is 1. The van der Waals surface area contributed by atoms with Crippen molar-refractivity contribution in [3.63, 3.8) is 0 Å². The van der Waals surface area contributed by atoms with Gasteiger partial charge in [-0.15, -0.1) is 0 Å². The highest BCUT2D eigenvalue weighted by atomic mass is 35.5. The zero-order valence-corrected chi connectivity index (χ0v) is 15.7. The molecule has 1 unspecified atom stereocenters. The van der Waals surface area contributed by atoms with Crippen LogP contribution >= 0.6 is 11.6 Å². The minimum Gasteiger partial charge on any atom is -0.318 e. The van der Waals surface area contributed by atoms with Crippen molar-refractivity contribution in [2.24, 2.45) is 0 Å². The highest BCUT2D eigenvalue weighted by Gasteiger charge is 2.35. The Kier molecular flexibility index (Phi) is 3.87. The number of fused-ring (bicyclic) bond motifs is 5. The third kappa shape index (κ3) is 2.50. The van der Waals surface area contributed by atoms with Crippen molar-refractivity contribution >= 4 is 34.3 Å². The SMILES string of the molecule is CC(=Cn1c2c(c3cc(Cl)ccc31)CCN1CCCC21)c1ccncc1. The Morgan fingerprint density at radius 1 is 1.19 bits per heavy atom. The van der Waals surface area contributed by atoms with Crippen molar-refractivity contribution < 1.29 is 0 Å². The topological polar surface area (TPSA) is 21.1 Å². The molecule has 0 N–H and O–H groups in total. The van der Waals surface area contributed by atoms with E-state index in [2.05, 4.69) is 51.8 Å². The molecule has 1 aromatic carbocycles. The van der Waals surface area contributed by atoms with Gasteiger partial charge in [-0.25, -0.2) is 0 Å². The molecule has 0 radical (unpaired) electrons. The van der Waals surface area contributed by atoms with E-state index in [-0.39, 0.29) is 0 Å². The second-order valence-electron chi connectivity index (χ2n) is 7.39. The van der Waals surface area contributed by atoms with Crippen LogP contribution in [0, 0.1) is 0 Å². The van der Waals surface area contributed by atoms with Gasteiger partial charge < -0.3 is 4.57 Å². The molecule has 0 aliphatic carbocycles. The van der Waals surface area contributed by atoms with Gasteiger partial charge >= 0.3 is 0 Å². The Labute approximate surface area is 158 Å². The van der Waals surface area contributed by atoms with E-state index >= 15 is 0 Å². The maximum absolute atomic E-state index is 6.34. The van der Waals surface area contributed by atoms with Gasteiger partial charge in [0.05, 0.1) is 11.6 Å². The molecule has 1 fully saturated rings. The molecule has 0 spiro atoms. The number of aromatic nitrogens is 2. The standard InChI is InChI=1S/C22H22ClN3/c1-15(16-6-9-24-10-7-16)14-26-20-5-4-17(23)13-19(20)18-8-12-25-11-2-3-21(25)22(18)26/h4-7,9-10,13-14,21H,2-3,8,11-12H2,1H3. The van der Waals surface area contributed by atoms with Crippen LogP contribution in [0.3, 0.4) is 0 Å². The summed E-state index contributed by atoms with van der Waals surface area (Å²) >= 11 is 6.34. The van der Waals surface area contributed by atoms with Crippen LogP contribution in [0.1, 0.15) is 42.6 Å². The van der Waals surface area contributed by atoms with Crippen LogP contribution in [0.2, 0.25) is 5.02 Å². The van der Waals surface area contributed by atoms with E-state index in [0.29, 0.717) is 6.04 Å². The molecule has 5 rings (SSSR count). The lowest BCUT2D eigenvalue weighted by atomic mass is 9.97. The summed E-state index contributed by atoms with van der Waals surface area (Å²) in [5.41, 5.74) is 6.69. The largest absolute Gasteiger partial charge is 0.318 e. The summed E-state index contributed by atoms with van der Waals surface area (Å²) in [4.78, 5) is 6.79. The predicted molar refractivity (Wildman–Crippen MR) is 108 cm³/mol. The zero-order chi connectivity index (χ0) is 17.7. The van der Waals surface area contributed by atoms with Gasteiger partial charge in [0.2, 0.25) is 0 Å². The van der Waals surface area contributed by atoms with E-state index in [1.54, 1.807) is 0 Å². The first-order valence-corrected chi connectivity index (χ1v) is 9.75. The minimum atomic E-state index is 0.534. The zero-order valence-electron chi connectivity index (χ0n) is 15.0. The number of rotatable bonds is 2. The number of hydrogen-bond acceptors (Lipinski definition) is 2. The van der Waals surface area contributed by atoms with E-state index in [9.17, 15) is 0 Å². The average molecular weight is 364 g/mol. The molecule has 3 aromatic rings. The van der Waals surface area contributed by atoms with E-state index < -0.39 is 0 Å². The first kappa shape index (κ1) is 16.1. The second-order valence-corrected chi connectivity index (χ2v) is 7.82.